The van der Waals surface area contributed by atoms with Crippen LogP contribution in [0.5, 0.6) is 0 Å². The first-order valence-electron chi connectivity index (χ1n) is 5.70. The van der Waals surface area contributed by atoms with Crippen LogP contribution >= 0.6 is 11.3 Å². The average Bonchev–Trinajstić information content (AvgIpc) is 2.89. The van der Waals surface area contributed by atoms with Gasteiger partial charge < -0.3 is 4.90 Å². The molecule has 3 heterocycles. The summed E-state index contributed by atoms with van der Waals surface area (Å²) in [7, 11) is 0. The summed E-state index contributed by atoms with van der Waals surface area (Å²) in [6.07, 6.45) is 3.67. The van der Waals surface area contributed by atoms with Gasteiger partial charge in [-0.2, -0.15) is 4.52 Å². The molecule has 0 N–H and O–H groups in total. The predicted molar refractivity (Wildman–Crippen MR) is 63.0 cm³/mol. The molecule has 7 heteroatoms. The molecular formula is C10H13N5OS. The zero-order valence-corrected chi connectivity index (χ0v) is 10.4. The maximum atomic E-state index is 12.2. The van der Waals surface area contributed by atoms with Gasteiger partial charge in [0.05, 0.1) is 0 Å². The molecule has 17 heavy (non-hydrogen) atoms. The normalized spacial score (nSPS) is 17.8. The molecule has 1 fully saturated rings. The van der Waals surface area contributed by atoms with E-state index < -0.39 is 0 Å². The molecule has 0 spiro atoms. The van der Waals surface area contributed by atoms with E-state index in [2.05, 4.69) is 22.2 Å². The predicted octanol–water partition coefficient (Wildman–Crippen LogP) is 1.06. The minimum absolute atomic E-state index is 0.0207. The van der Waals surface area contributed by atoms with Gasteiger partial charge in [-0.25, -0.2) is 0 Å². The summed E-state index contributed by atoms with van der Waals surface area (Å²) in [4.78, 5) is 14.7. The van der Waals surface area contributed by atoms with Crippen LogP contribution in [0.4, 0.5) is 0 Å². The number of hydrogen-bond acceptors (Lipinski definition) is 5. The molecule has 0 bridgehead atoms. The van der Waals surface area contributed by atoms with Crippen molar-refractivity contribution in [3.8, 4) is 0 Å². The van der Waals surface area contributed by atoms with Crippen LogP contribution in [-0.4, -0.2) is 43.7 Å². The highest BCUT2D eigenvalue weighted by Gasteiger charge is 2.24. The molecule has 0 unspecified atom stereocenters. The van der Waals surface area contributed by atoms with Gasteiger partial charge in [0.2, 0.25) is 9.97 Å². The van der Waals surface area contributed by atoms with E-state index in [1.54, 1.807) is 4.52 Å². The molecule has 0 saturated carbocycles. The molecule has 1 aliphatic rings. The van der Waals surface area contributed by atoms with Crippen LogP contribution < -0.4 is 0 Å². The topological polar surface area (TPSA) is 63.4 Å². The summed E-state index contributed by atoms with van der Waals surface area (Å²) in [5, 5.41) is 12.3. The molecular weight excluding hydrogens is 238 g/mol. The fourth-order valence-electron chi connectivity index (χ4n) is 1.99. The summed E-state index contributed by atoms with van der Waals surface area (Å²) < 4.78 is 1.55. The van der Waals surface area contributed by atoms with E-state index in [1.807, 2.05) is 4.90 Å². The highest BCUT2D eigenvalue weighted by molar-refractivity contribution is 7.18. The second-order valence-electron chi connectivity index (χ2n) is 4.44. The summed E-state index contributed by atoms with van der Waals surface area (Å²) in [5.41, 5.74) is 0. The quantitative estimate of drug-likeness (QED) is 0.760. The van der Waals surface area contributed by atoms with Crippen LogP contribution in [0.25, 0.3) is 4.96 Å². The Labute approximate surface area is 102 Å². The van der Waals surface area contributed by atoms with Gasteiger partial charge >= 0.3 is 0 Å². The molecule has 1 saturated heterocycles. The number of carbonyl (C=O) groups excluding carboxylic acids is 1. The first-order valence-corrected chi connectivity index (χ1v) is 6.52. The van der Waals surface area contributed by atoms with Gasteiger partial charge in [-0.1, -0.05) is 18.3 Å². The van der Waals surface area contributed by atoms with Crippen LogP contribution in [0.15, 0.2) is 6.33 Å². The number of piperidine rings is 1. The summed E-state index contributed by atoms with van der Waals surface area (Å²) in [5.74, 6) is 0.740. The smallest absolute Gasteiger partial charge is 0.284 e. The SMILES string of the molecule is CC1CCN(C(=O)c2nn3cnnc3s2)CC1. The van der Waals surface area contributed by atoms with Crippen LogP contribution in [0.1, 0.15) is 29.6 Å². The molecule has 90 valence electrons. The lowest BCUT2D eigenvalue weighted by molar-refractivity contribution is 0.0695. The van der Waals surface area contributed by atoms with Gasteiger partial charge in [0, 0.05) is 13.1 Å². The van der Waals surface area contributed by atoms with Crippen LogP contribution in [0.3, 0.4) is 0 Å². The molecule has 1 aliphatic heterocycles. The fourth-order valence-corrected chi connectivity index (χ4v) is 2.78. The molecule has 6 nitrogen and oxygen atoms in total. The number of likely N-dealkylation sites (tertiary alicyclic amines) is 1. The zero-order valence-electron chi connectivity index (χ0n) is 9.54. The van der Waals surface area contributed by atoms with Crippen LogP contribution in [-0.2, 0) is 0 Å². The lowest BCUT2D eigenvalue weighted by atomic mass is 9.99. The van der Waals surface area contributed by atoms with Crippen molar-refractivity contribution in [2.45, 2.75) is 19.8 Å². The number of amides is 1. The molecule has 0 atom stereocenters. The number of aromatic nitrogens is 4. The molecule has 0 aromatic carbocycles. The van der Waals surface area contributed by atoms with Gasteiger partial charge in [-0.05, 0) is 18.8 Å². The summed E-state index contributed by atoms with van der Waals surface area (Å²) in [6.45, 7) is 3.89. The average molecular weight is 251 g/mol. The van der Waals surface area contributed by atoms with E-state index >= 15 is 0 Å². The van der Waals surface area contributed by atoms with Gasteiger partial charge in [-0.15, -0.1) is 15.3 Å². The summed E-state index contributed by atoms with van der Waals surface area (Å²) in [6, 6.07) is 0. The lowest BCUT2D eigenvalue weighted by Crippen LogP contribution is -2.37. The largest absolute Gasteiger partial charge is 0.337 e. The monoisotopic (exact) mass is 251 g/mol. The van der Waals surface area contributed by atoms with Crippen molar-refractivity contribution >= 4 is 22.2 Å². The Morgan fingerprint density at radius 2 is 2.24 bits per heavy atom. The number of carbonyl (C=O) groups is 1. The molecule has 0 radical (unpaired) electrons. The Morgan fingerprint density at radius 1 is 1.47 bits per heavy atom. The second-order valence-corrected chi connectivity index (χ2v) is 5.40. The number of nitrogens with zero attached hydrogens (tertiary/aromatic N) is 5. The lowest BCUT2D eigenvalue weighted by Gasteiger charge is -2.29. The van der Waals surface area contributed by atoms with Crippen LogP contribution in [0, 0.1) is 5.92 Å². The highest BCUT2D eigenvalue weighted by atomic mass is 32.1. The minimum atomic E-state index is 0.0207. The van der Waals surface area contributed by atoms with Gasteiger partial charge in [0.1, 0.15) is 6.33 Å². The maximum Gasteiger partial charge on any atom is 0.284 e. The molecule has 3 rings (SSSR count). The first-order chi connectivity index (χ1) is 8.24. The van der Waals surface area contributed by atoms with Crippen molar-refractivity contribution in [3.63, 3.8) is 0 Å². The Morgan fingerprint density at radius 3 is 2.94 bits per heavy atom. The minimum Gasteiger partial charge on any atom is -0.337 e. The van der Waals surface area contributed by atoms with Crippen molar-refractivity contribution in [1.82, 2.24) is 24.7 Å². The van der Waals surface area contributed by atoms with E-state index in [0.29, 0.717) is 9.97 Å². The Bertz CT molecular complexity index is 511. The summed E-state index contributed by atoms with van der Waals surface area (Å²) >= 11 is 1.29. The van der Waals surface area contributed by atoms with Gasteiger partial charge in [0.15, 0.2) is 0 Å². The van der Waals surface area contributed by atoms with Crippen molar-refractivity contribution in [2.75, 3.05) is 13.1 Å². The molecule has 2 aromatic rings. The molecule has 0 aliphatic carbocycles. The number of hydrogen-bond donors (Lipinski definition) is 0. The molecule has 1 amide bonds. The third-order valence-electron chi connectivity index (χ3n) is 3.14. The fraction of sp³-hybridized carbons (Fsp3) is 0.600. The Hall–Kier alpha value is -1.50. The van der Waals surface area contributed by atoms with E-state index in [9.17, 15) is 4.79 Å². The Kier molecular flexibility index (Phi) is 2.54. The van der Waals surface area contributed by atoms with E-state index in [4.69, 9.17) is 0 Å². The molecule has 2 aromatic heterocycles. The third-order valence-corrected chi connectivity index (χ3v) is 4.04. The third kappa shape index (κ3) is 1.90. The second kappa shape index (κ2) is 4.06. The van der Waals surface area contributed by atoms with Crippen molar-refractivity contribution in [3.05, 3.63) is 11.3 Å². The van der Waals surface area contributed by atoms with Crippen molar-refractivity contribution < 1.29 is 4.79 Å². The van der Waals surface area contributed by atoms with Gasteiger partial charge in [0.25, 0.3) is 5.91 Å². The van der Waals surface area contributed by atoms with E-state index in [0.717, 1.165) is 31.8 Å². The van der Waals surface area contributed by atoms with Crippen molar-refractivity contribution in [2.24, 2.45) is 5.92 Å². The number of fused-ring (bicyclic) bond motifs is 1. The zero-order chi connectivity index (χ0) is 11.8. The number of rotatable bonds is 1. The highest BCUT2D eigenvalue weighted by Crippen LogP contribution is 2.20. The first kappa shape index (κ1) is 10.6. The van der Waals surface area contributed by atoms with E-state index in [1.165, 1.54) is 17.7 Å². The van der Waals surface area contributed by atoms with Gasteiger partial charge in [-0.3, -0.25) is 4.79 Å². The van der Waals surface area contributed by atoms with E-state index in [-0.39, 0.29) is 5.91 Å². The Balaban J connectivity index is 1.79. The van der Waals surface area contributed by atoms with Crippen molar-refractivity contribution in [1.29, 1.82) is 0 Å². The van der Waals surface area contributed by atoms with Crippen LogP contribution in [0.2, 0.25) is 0 Å². The standard InChI is InChI=1S/C10H13N5OS/c1-7-2-4-14(5-3-7)9(16)8-13-15-6-11-12-10(15)17-8/h6-7H,2-5H2,1H3. The maximum absolute atomic E-state index is 12.2.